The first-order valence-electron chi connectivity index (χ1n) is 25.3. The van der Waals surface area contributed by atoms with Gasteiger partial charge in [-0.2, -0.15) is 0 Å². The quantitative estimate of drug-likeness (QED) is 0.206. The summed E-state index contributed by atoms with van der Waals surface area (Å²) in [4.78, 5) is 33.4. The molecule has 83 heavy (non-hydrogen) atoms. The van der Waals surface area contributed by atoms with Crippen LogP contribution in [0, 0.1) is 17.5 Å². The minimum absolute atomic E-state index is 0.0311. The summed E-state index contributed by atoms with van der Waals surface area (Å²) in [6.45, 7) is 9.64. The van der Waals surface area contributed by atoms with Gasteiger partial charge < -0.3 is 20.9 Å². The number of halogens is 3. The molecule has 22 nitrogen and oxygen atoms in total. The zero-order valence-corrected chi connectivity index (χ0v) is 51.2. The highest BCUT2D eigenvalue weighted by Crippen LogP contribution is 2.42. The summed E-state index contributed by atoms with van der Waals surface area (Å²) in [5.41, 5.74) is 10.6. The number of sulfone groups is 1. The topological polar surface area (TPSA) is 308 Å². The molecule has 4 aromatic rings. The van der Waals surface area contributed by atoms with Crippen molar-refractivity contribution in [2.75, 3.05) is 50.9 Å². The molecule has 10 rings (SSSR count). The number of allylic oxidation sites excluding steroid dienone is 1. The van der Waals surface area contributed by atoms with E-state index in [-0.39, 0.29) is 57.5 Å². The van der Waals surface area contributed by atoms with Crippen molar-refractivity contribution in [3.8, 4) is 5.75 Å². The molecular weight excluding hydrogens is 1180 g/mol. The minimum Gasteiger partial charge on any atom is -0.461 e. The molecule has 0 bridgehead atoms. The zero-order valence-electron chi connectivity index (χ0n) is 47.1. The number of amides is 1. The van der Waals surface area contributed by atoms with Crippen molar-refractivity contribution in [1.29, 1.82) is 0 Å². The Balaban J connectivity index is 0.000000163. The number of benzene rings is 4. The fourth-order valence-electron chi connectivity index (χ4n) is 9.72. The third-order valence-electron chi connectivity index (χ3n) is 14.1. The number of thioether (sulfide) groups is 1. The minimum atomic E-state index is -3.87. The SMILES string of the molecule is CN1C(N)=N[C@](C)(c2cc3c(cc2F)C=C(Oc2ccccc2)C3)CS1(=O)=O.CN1C(N)=N[C@](C)(c2cc3c(cc2F)N=C(S(C)(=O)=O)C3)CS1(=O)=O.CSC1=Nc2cc(F)c([C@]3(C)CS(=O)(=O)N(C)C(NC(=O)OC(C)(C)C)=N3)cc2C1. The van der Waals surface area contributed by atoms with E-state index in [0.29, 0.717) is 41.2 Å². The van der Waals surface area contributed by atoms with Crippen LogP contribution >= 0.6 is 11.8 Å². The lowest BCUT2D eigenvalue weighted by molar-refractivity contribution is 0.0558. The van der Waals surface area contributed by atoms with Crippen LogP contribution in [0.4, 0.5) is 29.3 Å². The van der Waals surface area contributed by atoms with Gasteiger partial charge in [-0.1, -0.05) is 18.2 Å². The number of rotatable bonds is 5. The van der Waals surface area contributed by atoms with E-state index in [4.69, 9.17) is 20.9 Å². The summed E-state index contributed by atoms with van der Waals surface area (Å²) in [7, 11) is -10.9. The summed E-state index contributed by atoms with van der Waals surface area (Å²) >= 11 is 1.48. The molecule has 0 fully saturated rings. The van der Waals surface area contributed by atoms with Crippen LogP contribution in [0.1, 0.15) is 80.5 Å². The number of guanidine groups is 3. The van der Waals surface area contributed by atoms with Crippen LogP contribution in [0.15, 0.2) is 97.5 Å². The van der Waals surface area contributed by atoms with Crippen molar-refractivity contribution >= 4 is 103 Å². The van der Waals surface area contributed by atoms with E-state index in [1.54, 1.807) is 45.9 Å². The van der Waals surface area contributed by atoms with Crippen molar-refractivity contribution in [2.24, 2.45) is 36.4 Å². The number of sulfonamides is 3. The van der Waals surface area contributed by atoms with Crippen molar-refractivity contribution in [2.45, 2.75) is 83.0 Å². The Morgan fingerprint density at radius 1 is 0.675 bits per heavy atom. The van der Waals surface area contributed by atoms with Crippen LogP contribution < -0.4 is 21.5 Å². The molecule has 3 atom stereocenters. The Morgan fingerprint density at radius 3 is 1.61 bits per heavy atom. The molecule has 5 N–H and O–H groups in total. The summed E-state index contributed by atoms with van der Waals surface area (Å²) in [5.74, 6) is -2.29. The number of nitrogens with zero attached hydrogens (tertiary/aromatic N) is 8. The van der Waals surface area contributed by atoms with Gasteiger partial charge in [-0.3, -0.25) is 5.32 Å². The molecule has 1 aliphatic carbocycles. The molecule has 30 heteroatoms. The number of nitrogens with two attached hydrogens (primary N) is 2. The van der Waals surface area contributed by atoms with Crippen LogP contribution in [-0.2, 0) is 80.5 Å². The van der Waals surface area contributed by atoms with Gasteiger partial charge in [-0.15, -0.1) is 11.8 Å². The van der Waals surface area contributed by atoms with Crippen LogP contribution in [-0.4, -0.2) is 137 Å². The molecular formula is C53H62F3N11O11S5. The maximum Gasteiger partial charge on any atom is 0.414 e. The molecule has 6 aliphatic rings. The molecule has 0 radical (unpaired) electrons. The molecule has 4 aromatic carbocycles. The molecule has 5 aliphatic heterocycles. The van der Waals surface area contributed by atoms with Gasteiger partial charge in [0.05, 0.1) is 33.7 Å². The van der Waals surface area contributed by atoms with E-state index in [2.05, 4.69) is 30.3 Å². The molecule has 0 saturated carbocycles. The van der Waals surface area contributed by atoms with Crippen molar-refractivity contribution in [1.82, 2.24) is 18.2 Å². The predicted molar refractivity (Wildman–Crippen MR) is 315 cm³/mol. The molecule has 5 heterocycles. The maximum absolute atomic E-state index is 15.0. The van der Waals surface area contributed by atoms with Crippen molar-refractivity contribution in [3.05, 3.63) is 129 Å². The zero-order chi connectivity index (χ0) is 61.4. The standard InChI is InChI=1S/C20H20FN3O3S.C19H25FN4O4S2.C14H17FN4O4S2/c1-20(12-28(25,26)24(2)19(22)23-20)17-10-13-8-16(9-14(13)11-18(17)21)27-15-6-4-3-5-7-15;1-18(2,3)28-17(25)22-16-23-19(4,10-30(26,27)24(16)5)12-7-11-8-15(29-6)21-14(11)9-13(12)20;1-14(7-25(22,23)19(2)13(16)18-14)9-4-8-5-12(24(3,20)21)17-11(8)6-10(9)15/h3-7,9-11H,8,12H2,1-2H3,(H2,22,23);7,9H,8,10H2,1-6H3,(H,22,23,25);4,6H,5,7H2,1-3H3,(H2,16,18)/t20-;19-;14-/m000/s1. The number of carbonyl (C=O) groups excluding carboxylic acids is 1. The van der Waals surface area contributed by atoms with Crippen LogP contribution in [0.2, 0.25) is 0 Å². The van der Waals surface area contributed by atoms with Gasteiger partial charge in [0, 0.05) is 75.5 Å². The first kappa shape index (κ1) is 62.0. The second-order valence-corrected chi connectivity index (χ2v) is 30.9. The van der Waals surface area contributed by atoms with E-state index in [1.807, 2.05) is 36.6 Å². The lowest BCUT2D eigenvalue weighted by atomic mass is 9.91. The van der Waals surface area contributed by atoms with Crippen molar-refractivity contribution in [3.63, 3.8) is 0 Å². The second-order valence-electron chi connectivity index (χ2n) is 22.0. The average Bonchev–Trinajstić information content (AvgIpc) is 2.93. The first-order valence-corrected chi connectivity index (χ1v) is 33.2. The Hall–Kier alpha value is -7.02. The van der Waals surface area contributed by atoms with E-state index in [0.717, 1.165) is 41.4 Å². The van der Waals surface area contributed by atoms with Gasteiger partial charge in [0.1, 0.15) is 56.2 Å². The Morgan fingerprint density at radius 2 is 1.13 bits per heavy atom. The highest BCUT2D eigenvalue weighted by molar-refractivity contribution is 8.13. The van der Waals surface area contributed by atoms with Crippen molar-refractivity contribution < 1.29 is 61.1 Å². The molecule has 1 amide bonds. The van der Waals surface area contributed by atoms with Gasteiger partial charge in [0.15, 0.2) is 9.84 Å². The number of para-hydroxylation sites is 1. The second kappa shape index (κ2) is 21.9. The van der Waals surface area contributed by atoms with Gasteiger partial charge in [-0.25, -0.2) is 89.5 Å². The Kier molecular flexibility index (Phi) is 16.3. The number of ether oxygens (including phenoxy) is 2. The van der Waals surface area contributed by atoms with Gasteiger partial charge >= 0.3 is 6.09 Å². The molecule has 0 aromatic heterocycles. The number of alkyl carbamates (subject to hydrolysis) is 1. The average molecular weight is 1250 g/mol. The Bertz CT molecular complexity index is 4040. The van der Waals surface area contributed by atoms with E-state index >= 15 is 4.39 Å². The molecule has 0 spiro atoms. The highest BCUT2D eigenvalue weighted by atomic mass is 32.2. The molecule has 0 saturated heterocycles. The summed E-state index contributed by atoms with van der Waals surface area (Å²) in [6.07, 6.45) is 4.94. The lowest BCUT2D eigenvalue weighted by Crippen LogP contribution is -2.54. The smallest absolute Gasteiger partial charge is 0.414 e. The van der Waals surface area contributed by atoms with E-state index in [1.165, 1.54) is 65.0 Å². The van der Waals surface area contributed by atoms with Gasteiger partial charge in [0.25, 0.3) is 0 Å². The van der Waals surface area contributed by atoms with Crippen LogP contribution in [0.3, 0.4) is 0 Å². The maximum atomic E-state index is 15.0. The number of hydrogen-bond acceptors (Lipinski definition) is 19. The van der Waals surface area contributed by atoms with Gasteiger partial charge in [-0.05, 0) is 113 Å². The third kappa shape index (κ3) is 13.0. The predicted octanol–water partition coefficient (Wildman–Crippen LogP) is 6.01. The fourth-order valence-corrected chi connectivity index (χ4v) is 15.3. The number of hydrogen-bond donors (Lipinski definition) is 3. The molecule has 446 valence electrons. The number of nitrogens with one attached hydrogen (secondary N) is 1. The van der Waals surface area contributed by atoms with E-state index < -0.39 is 97.2 Å². The highest BCUT2D eigenvalue weighted by Gasteiger charge is 2.46. The monoisotopic (exact) mass is 1250 g/mol. The number of aliphatic imine (C=N–C) groups is 5. The largest absolute Gasteiger partial charge is 0.461 e. The molecule has 0 unspecified atom stereocenters. The summed E-state index contributed by atoms with van der Waals surface area (Å²) in [5, 5.41) is 3.19. The first-order chi connectivity index (χ1) is 38.2. The summed E-state index contributed by atoms with van der Waals surface area (Å²) in [6, 6.07) is 17.8. The van der Waals surface area contributed by atoms with Crippen LogP contribution in [0.25, 0.3) is 6.08 Å². The normalized spacial score (nSPS) is 23.7. The van der Waals surface area contributed by atoms with E-state index in [9.17, 15) is 47.2 Å². The fraction of sp³-hybridized carbons (Fsp3) is 0.396. The number of carbonyl (C=O) groups is 1. The lowest BCUT2D eigenvalue weighted by Gasteiger charge is -2.36. The Labute approximate surface area is 484 Å². The summed E-state index contributed by atoms with van der Waals surface area (Å²) < 4.78 is 156. The van der Waals surface area contributed by atoms with Crippen LogP contribution in [0.5, 0.6) is 5.75 Å². The van der Waals surface area contributed by atoms with Gasteiger partial charge in [0.2, 0.25) is 47.9 Å². The third-order valence-corrected chi connectivity index (χ3v) is 21.7. The number of fused-ring (bicyclic) bond motifs is 3.